The fourth-order valence-corrected chi connectivity index (χ4v) is 12.6. The molecule has 2 aromatic heterocycles. The number of methoxy groups -OCH3 is 1. The Kier molecular flexibility index (Phi) is 8.61. The van der Waals surface area contributed by atoms with Crippen molar-refractivity contribution < 1.29 is 9.53 Å². The molecule has 0 saturated heterocycles. The van der Waals surface area contributed by atoms with Gasteiger partial charge in [0.05, 0.1) is 18.5 Å². The Bertz CT molecular complexity index is 4640. The first kappa shape index (κ1) is 42.2. The van der Waals surface area contributed by atoms with Gasteiger partial charge in [0, 0.05) is 48.7 Å². The van der Waals surface area contributed by atoms with Crippen molar-refractivity contribution in [3.63, 3.8) is 0 Å². The standard InChI is InChI=1S/C62H48N2O6/c1-27(2)33-12-10-13-34(28(3)4)57(33)63-60(67)46-23-42-38-19-17-32(70-9)21-40(38)44-25-48-50-45(59(66)64(62(48)69)58-35(29(5)6)14-11-15-36(58)30(7)8)22-41-37-18-16-31(26-65)20-39(37)43-24-47(61(63)68)49(46)55-52(42)54(44)56(50)51(41)53(43)55/h10-30H,1-9H3. The van der Waals surface area contributed by atoms with Crippen molar-refractivity contribution in [1.29, 1.82) is 0 Å². The SMILES string of the molecule is COc1ccc2c(c1)c1cc3c(=O)n(-c4c(C(C)C)cccc4C(C)C)c(=O)c4cc5c6ccc(C=O)cc6c6cc7c(=O)n(-c8c(C(C)C)cccc8C(C)C)c(=O)c8cc2c2c1c(c43)c5c6c2c87. The van der Waals surface area contributed by atoms with Gasteiger partial charge in [0.25, 0.3) is 22.2 Å². The largest absolute Gasteiger partial charge is 0.497 e. The van der Waals surface area contributed by atoms with Crippen LogP contribution in [-0.4, -0.2) is 22.5 Å². The molecule has 0 unspecified atom stereocenters. The van der Waals surface area contributed by atoms with Gasteiger partial charge in [-0.25, -0.2) is 9.13 Å². The van der Waals surface area contributed by atoms with Crippen LogP contribution in [0.15, 0.2) is 116 Å². The normalized spacial score (nSPS) is 12.9. The van der Waals surface area contributed by atoms with Gasteiger partial charge in [-0.1, -0.05) is 110 Å². The molecule has 0 bridgehead atoms. The molecule has 0 spiro atoms. The topological polar surface area (TPSA) is 104 Å². The molecule has 0 amide bonds. The lowest BCUT2D eigenvalue weighted by Gasteiger charge is -2.27. The number of carbonyl (C=O) groups excluding carboxylic acids is 1. The average molecular weight is 917 g/mol. The summed E-state index contributed by atoms with van der Waals surface area (Å²) in [6.07, 6.45) is 0.825. The van der Waals surface area contributed by atoms with E-state index in [2.05, 4.69) is 55.4 Å². The van der Waals surface area contributed by atoms with Crippen molar-refractivity contribution in [3.8, 4) is 17.1 Å². The lowest BCUT2D eigenvalue weighted by Crippen LogP contribution is -2.34. The van der Waals surface area contributed by atoms with Crippen molar-refractivity contribution in [2.24, 2.45) is 0 Å². The predicted molar refractivity (Wildman–Crippen MR) is 289 cm³/mol. The summed E-state index contributed by atoms with van der Waals surface area (Å²) in [6.45, 7) is 16.7. The second-order valence-electron chi connectivity index (χ2n) is 20.8. The Morgan fingerprint density at radius 1 is 0.371 bits per heavy atom. The molecule has 0 aliphatic rings. The van der Waals surface area contributed by atoms with E-state index >= 15 is 19.2 Å². The zero-order valence-corrected chi connectivity index (χ0v) is 40.5. The van der Waals surface area contributed by atoms with Crippen LogP contribution in [0.1, 0.15) is 112 Å². The molecule has 13 aromatic rings. The fraction of sp³-hybridized carbons (Fsp3) is 0.210. The number of carbonyl (C=O) groups is 1. The average Bonchev–Trinajstić information content (AvgIpc) is 3.35. The Morgan fingerprint density at radius 3 is 1.06 bits per heavy atom. The monoisotopic (exact) mass is 916 g/mol. The van der Waals surface area contributed by atoms with Crippen LogP contribution in [0.4, 0.5) is 0 Å². The molecular formula is C62H48N2O6. The Balaban J connectivity index is 1.37. The van der Waals surface area contributed by atoms with E-state index in [-0.39, 0.29) is 23.7 Å². The molecule has 2 heterocycles. The number of rotatable bonds is 8. The minimum Gasteiger partial charge on any atom is -0.497 e. The number of nitrogens with zero attached hydrogens (tertiary/aromatic N) is 2. The van der Waals surface area contributed by atoms with E-state index in [9.17, 15) is 4.79 Å². The highest BCUT2D eigenvalue weighted by atomic mass is 16.5. The number of pyridine rings is 2. The van der Waals surface area contributed by atoms with E-state index in [1.165, 1.54) is 9.13 Å². The smallest absolute Gasteiger partial charge is 0.266 e. The number of aromatic nitrogens is 2. The zero-order chi connectivity index (χ0) is 48.7. The number of aldehydes is 1. The summed E-state index contributed by atoms with van der Waals surface area (Å²) in [7, 11) is 1.63. The minimum atomic E-state index is -0.412. The van der Waals surface area contributed by atoms with Crippen LogP contribution in [0.25, 0.3) is 119 Å². The molecule has 0 aliphatic heterocycles. The van der Waals surface area contributed by atoms with Crippen molar-refractivity contribution in [2.75, 3.05) is 7.11 Å². The third-order valence-corrected chi connectivity index (χ3v) is 15.7. The molecule has 0 N–H and O–H groups in total. The minimum absolute atomic E-state index is 0.00683. The Hall–Kier alpha value is -7.97. The molecular weight excluding hydrogens is 869 g/mol. The number of ether oxygens (including phenoxy) is 1. The summed E-state index contributed by atoms with van der Waals surface area (Å²) < 4.78 is 8.73. The van der Waals surface area contributed by atoms with Crippen LogP contribution in [0.5, 0.6) is 5.75 Å². The van der Waals surface area contributed by atoms with E-state index in [1.807, 2.05) is 91.0 Å². The molecule has 8 nitrogen and oxygen atoms in total. The number of hydrogen-bond acceptors (Lipinski definition) is 6. The highest BCUT2D eigenvalue weighted by Gasteiger charge is 2.32. The van der Waals surface area contributed by atoms with Gasteiger partial charge in [-0.3, -0.25) is 24.0 Å². The van der Waals surface area contributed by atoms with Gasteiger partial charge in [0.1, 0.15) is 12.0 Å². The molecule has 70 heavy (non-hydrogen) atoms. The van der Waals surface area contributed by atoms with Crippen LogP contribution in [0.2, 0.25) is 0 Å². The summed E-state index contributed by atoms with van der Waals surface area (Å²) in [6, 6.07) is 31.4. The van der Waals surface area contributed by atoms with E-state index in [0.717, 1.165) is 104 Å². The first-order valence-corrected chi connectivity index (χ1v) is 24.3. The summed E-state index contributed by atoms with van der Waals surface area (Å²) >= 11 is 0. The number of hydrogen-bond donors (Lipinski definition) is 0. The first-order chi connectivity index (χ1) is 33.7. The van der Waals surface area contributed by atoms with E-state index in [1.54, 1.807) is 13.2 Å². The Labute approximate surface area is 400 Å². The van der Waals surface area contributed by atoms with Crippen molar-refractivity contribution in [2.45, 2.75) is 79.1 Å². The van der Waals surface area contributed by atoms with Crippen LogP contribution in [-0.2, 0) is 0 Å². The third kappa shape index (κ3) is 5.12. The summed E-state index contributed by atoms with van der Waals surface area (Å²) in [5.74, 6) is 0.655. The molecule has 0 fully saturated rings. The van der Waals surface area contributed by atoms with Gasteiger partial charge >= 0.3 is 0 Å². The van der Waals surface area contributed by atoms with E-state index in [4.69, 9.17) is 4.74 Å². The van der Waals surface area contributed by atoms with Gasteiger partial charge in [0.15, 0.2) is 0 Å². The number of para-hydroxylation sites is 2. The molecule has 342 valence electrons. The maximum absolute atomic E-state index is 15.7. The summed E-state index contributed by atoms with van der Waals surface area (Å²) in [4.78, 5) is 75.6. The van der Waals surface area contributed by atoms with Crippen LogP contribution < -0.4 is 27.0 Å². The first-order valence-electron chi connectivity index (χ1n) is 24.3. The molecule has 11 aromatic carbocycles. The highest BCUT2D eigenvalue weighted by Crippen LogP contribution is 2.55. The lowest BCUT2D eigenvalue weighted by atomic mass is 9.77. The molecule has 8 heteroatoms. The second-order valence-corrected chi connectivity index (χ2v) is 20.8. The lowest BCUT2D eigenvalue weighted by molar-refractivity contribution is 0.112. The Morgan fingerprint density at radius 2 is 0.714 bits per heavy atom. The van der Waals surface area contributed by atoms with Crippen molar-refractivity contribution in [3.05, 3.63) is 166 Å². The molecule has 0 aliphatic carbocycles. The second kappa shape index (κ2) is 14.3. The van der Waals surface area contributed by atoms with Crippen LogP contribution in [0, 0.1) is 0 Å². The predicted octanol–water partition coefficient (Wildman–Crippen LogP) is 13.7. The van der Waals surface area contributed by atoms with Gasteiger partial charge < -0.3 is 4.74 Å². The van der Waals surface area contributed by atoms with Crippen LogP contribution in [0.3, 0.4) is 0 Å². The van der Waals surface area contributed by atoms with Crippen molar-refractivity contribution >= 4 is 114 Å². The highest BCUT2D eigenvalue weighted by molar-refractivity contribution is 6.54. The van der Waals surface area contributed by atoms with Gasteiger partial charge in [-0.05, 0) is 153 Å². The van der Waals surface area contributed by atoms with E-state index in [0.29, 0.717) is 55.0 Å². The third-order valence-electron chi connectivity index (χ3n) is 15.7. The van der Waals surface area contributed by atoms with Gasteiger partial charge in [-0.15, -0.1) is 0 Å². The molecule has 13 rings (SSSR count). The zero-order valence-electron chi connectivity index (χ0n) is 40.5. The summed E-state index contributed by atoms with van der Waals surface area (Å²) in [5, 5.41) is 14.0. The van der Waals surface area contributed by atoms with Gasteiger partial charge in [-0.2, -0.15) is 0 Å². The quantitative estimate of drug-likeness (QED) is 0.0854. The number of fused-ring (bicyclic) bond motifs is 6. The van der Waals surface area contributed by atoms with E-state index < -0.39 is 22.2 Å². The molecule has 0 atom stereocenters. The van der Waals surface area contributed by atoms with Gasteiger partial charge in [0.2, 0.25) is 0 Å². The van der Waals surface area contributed by atoms with Crippen LogP contribution >= 0.6 is 0 Å². The van der Waals surface area contributed by atoms with Crippen molar-refractivity contribution in [1.82, 2.24) is 9.13 Å². The molecule has 0 saturated carbocycles. The maximum atomic E-state index is 15.7. The molecule has 0 radical (unpaired) electrons. The fourth-order valence-electron chi connectivity index (χ4n) is 12.6. The maximum Gasteiger partial charge on any atom is 0.266 e. The summed E-state index contributed by atoms with van der Waals surface area (Å²) in [5.41, 5.74) is 3.71. The number of benzene rings is 11.